The maximum Gasteiger partial charge on any atom is 0.0970 e. The van der Waals surface area contributed by atoms with Crippen LogP contribution in [-0.2, 0) is 0 Å². The quantitative estimate of drug-likeness (QED) is 0.486. The molecule has 0 aliphatic heterocycles. The van der Waals surface area contributed by atoms with Crippen LogP contribution in [0.3, 0.4) is 0 Å². The van der Waals surface area contributed by atoms with Gasteiger partial charge in [0.25, 0.3) is 0 Å². The molecule has 0 amide bonds. The molecule has 0 bridgehead atoms. The molecule has 0 N–H and O–H groups in total. The van der Waals surface area contributed by atoms with E-state index in [1.807, 2.05) is 30.6 Å². The molecule has 0 fully saturated rings. The number of nitrogens with zero attached hydrogens (tertiary/aromatic N) is 3. The van der Waals surface area contributed by atoms with E-state index in [1.54, 1.807) is 12.4 Å². The number of hydrogen-bond donors (Lipinski definition) is 0. The summed E-state index contributed by atoms with van der Waals surface area (Å²) in [4.78, 5) is 13.2. The fraction of sp³-hybridized carbons (Fsp3) is 0. The van der Waals surface area contributed by atoms with Gasteiger partial charge in [0, 0.05) is 41.1 Å². The van der Waals surface area contributed by atoms with Crippen molar-refractivity contribution in [3.8, 4) is 11.1 Å². The Labute approximate surface area is 116 Å². The first-order chi connectivity index (χ1) is 9.93. The zero-order valence-electron chi connectivity index (χ0n) is 10.7. The number of pyridine rings is 3. The second-order valence-electron chi connectivity index (χ2n) is 4.64. The highest BCUT2D eigenvalue weighted by molar-refractivity contribution is 6.09. The second-order valence-corrected chi connectivity index (χ2v) is 4.64. The minimum Gasteiger partial charge on any atom is -0.264 e. The summed E-state index contributed by atoms with van der Waals surface area (Å²) < 4.78 is 0. The minimum absolute atomic E-state index is 0.935. The van der Waals surface area contributed by atoms with E-state index in [9.17, 15) is 0 Å². The molecule has 0 spiro atoms. The molecule has 94 valence electrons. The maximum atomic E-state index is 4.51. The molecule has 0 saturated heterocycles. The highest BCUT2D eigenvalue weighted by atomic mass is 14.7. The zero-order valence-corrected chi connectivity index (χ0v) is 10.7. The van der Waals surface area contributed by atoms with Crippen LogP contribution in [-0.4, -0.2) is 15.0 Å². The summed E-state index contributed by atoms with van der Waals surface area (Å²) in [6.45, 7) is 0. The first-order valence-corrected chi connectivity index (χ1v) is 6.46. The van der Waals surface area contributed by atoms with Crippen molar-refractivity contribution >= 4 is 21.8 Å². The number of rotatable bonds is 1. The van der Waals surface area contributed by atoms with E-state index in [1.165, 1.54) is 0 Å². The van der Waals surface area contributed by atoms with Gasteiger partial charge in [-0.3, -0.25) is 15.0 Å². The lowest BCUT2D eigenvalue weighted by Crippen LogP contribution is -1.88. The van der Waals surface area contributed by atoms with Gasteiger partial charge in [-0.15, -0.1) is 0 Å². The van der Waals surface area contributed by atoms with Crippen molar-refractivity contribution in [2.75, 3.05) is 0 Å². The van der Waals surface area contributed by atoms with E-state index in [2.05, 4.69) is 39.2 Å². The van der Waals surface area contributed by atoms with Crippen molar-refractivity contribution in [1.82, 2.24) is 15.0 Å². The van der Waals surface area contributed by atoms with Crippen LogP contribution >= 0.6 is 0 Å². The smallest absolute Gasteiger partial charge is 0.0970 e. The van der Waals surface area contributed by atoms with Crippen LogP contribution in [0, 0.1) is 0 Å². The first kappa shape index (κ1) is 11.1. The Bertz CT molecular complexity index is 901. The molecule has 0 aliphatic carbocycles. The summed E-state index contributed by atoms with van der Waals surface area (Å²) in [5.74, 6) is 0. The van der Waals surface area contributed by atoms with Crippen molar-refractivity contribution in [2.45, 2.75) is 0 Å². The molecule has 3 nitrogen and oxygen atoms in total. The Balaban J connectivity index is 2.19. The molecule has 20 heavy (non-hydrogen) atoms. The molecule has 3 heteroatoms. The average molecular weight is 257 g/mol. The van der Waals surface area contributed by atoms with Crippen molar-refractivity contribution in [1.29, 1.82) is 0 Å². The van der Waals surface area contributed by atoms with Gasteiger partial charge >= 0.3 is 0 Å². The highest BCUT2D eigenvalue weighted by Crippen LogP contribution is 2.32. The van der Waals surface area contributed by atoms with Crippen LogP contribution in [0.2, 0.25) is 0 Å². The van der Waals surface area contributed by atoms with E-state index in [0.29, 0.717) is 0 Å². The van der Waals surface area contributed by atoms with Crippen LogP contribution in [0.4, 0.5) is 0 Å². The third-order valence-corrected chi connectivity index (χ3v) is 3.43. The van der Waals surface area contributed by atoms with Crippen molar-refractivity contribution in [3.63, 3.8) is 0 Å². The van der Waals surface area contributed by atoms with E-state index in [4.69, 9.17) is 0 Å². The average Bonchev–Trinajstić information content (AvgIpc) is 2.55. The Hall–Kier alpha value is -2.81. The highest BCUT2D eigenvalue weighted by Gasteiger charge is 2.09. The van der Waals surface area contributed by atoms with Gasteiger partial charge in [-0.05, 0) is 29.8 Å². The molecule has 4 rings (SSSR count). The molecule has 3 aromatic heterocycles. The van der Waals surface area contributed by atoms with Gasteiger partial charge < -0.3 is 0 Å². The fourth-order valence-electron chi connectivity index (χ4n) is 2.54. The van der Waals surface area contributed by atoms with E-state index >= 15 is 0 Å². The Morgan fingerprint density at radius 1 is 0.750 bits per heavy atom. The Morgan fingerprint density at radius 3 is 2.40 bits per heavy atom. The van der Waals surface area contributed by atoms with Gasteiger partial charge in [0.15, 0.2) is 0 Å². The van der Waals surface area contributed by atoms with Crippen molar-refractivity contribution < 1.29 is 0 Å². The number of fused-ring (bicyclic) bond motifs is 3. The molecule has 1 aromatic carbocycles. The third kappa shape index (κ3) is 1.64. The standard InChI is InChI=1S/C17H11N3/c1-5-13(11-18-7-1)15-10-12-4-2-8-19-16(12)17-14(15)6-3-9-20-17/h1-11H. The molecule has 0 unspecified atom stereocenters. The lowest BCUT2D eigenvalue weighted by molar-refractivity contribution is 1.33. The Morgan fingerprint density at radius 2 is 1.55 bits per heavy atom. The lowest BCUT2D eigenvalue weighted by atomic mass is 9.99. The summed E-state index contributed by atoms with van der Waals surface area (Å²) in [6.07, 6.45) is 7.28. The van der Waals surface area contributed by atoms with E-state index < -0.39 is 0 Å². The second kappa shape index (κ2) is 4.38. The summed E-state index contributed by atoms with van der Waals surface area (Å²) in [5, 5.41) is 2.20. The Kier molecular flexibility index (Phi) is 2.42. The predicted octanol–water partition coefficient (Wildman–Crippen LogP) is 3.85. The predicted molar refractivity (Wildman–Crippen MR) is 80.3 cm³/mol. The molecule has 0 saturated carbocycles. The van der Waals surface area contributed by atoms with Crippen LogP contribution < -0.4 is 0 Å². The summed E-state index contributed by atoms with van der Waals surface area (Å²) in [7, 11) is 0. The number of benzene rings is 1. The number of hydrogen-bond acceptors (Lipinski definition) is 3. The van der Waals surface area contributed by atoms with Gasteiger partial charge in [0.05, 0.1) is 11.0 Å². The first-order valence-electron chi connectivity index (χ1n) is 6.46. The SMILES string of the molecule is c1cncc(-c2cc3cccnc3c3ncccc23)c1. The van der Waals surface area contributed by atoms with Gasteiger partial charge in [0.2, 0.25) is 0 Å². The lowest BCUT2D eigenvalue weighted by Gasteiger charge is -2.08. The summed E-state index contributed by atoms with van der Waals surface area (Å²) >= 11 is 0. The van der Waals surface area contributed by atoms with Crippen molar-refractivity contribution in [2.24, 2.45) is 0 Å². The monoisotopic (exact) mass is 257 g/mol. The fourth-order valence-corrected chi connectivity index (χ4v) is 2.54. The topological polar surface area (TPSA) is 38.7 Å². The molecular weight excluding hydrogens is 246 g/mol. The molecule has 0 atom stereocenters. The zero-order chi connectivity index (χ0) is 13.4. The van der Waals surface area contributed by atoms with Gasteiger partial charge in [0.1, 0.15) is 0 Å². The molecule has 3 heterocycles. The molecule has 4 aromatic rings. The van der Waals surface area contributed by atoms with Crippen LogP contribution in [0.15, 0.2) is 67.3 Å². The van der Waals surface area contributed by atoms with Crippen LogP contribution in [0.25, 0.3) is 32.9 Å². The van der Waals surface area contributed by atoms with Crippen LogP contribution in [0.5, 0.6) is 0 Å². The minimum atomic E-state index is 0.935. The summed E-state index contributed by atoms with van der Waals surface area (Å²) in [5.41, 5.74) is 4.11. The largest absolute Gasteiger partial charge is 0.264 e. The van der Waals surface area contributed by atoms with Crippen molar-refractivity contribution in [3.05, 3.63) is 67.3 Å². The van der Waals surface area contributed by atoms with E-state index in [0.717, 1.165) is 32.9 Å². The molecular formula is C17H11N3. The normalized spacial score (nSPS) is 11.0. The van der Waals surface area contributed by atoms with Gasteiger partial charge in [-0.2, -0.15) is 0 Å². The maximum absolute atomic E-state index is 4.51. The van der Waals surface area contributed by atoms with E-state index in [-0.39, 0.29) is 0 Å². The molecule has 0 radical (unpaired) electrons. The van der Waals surface area contributed by atoms with Crippen LogP contribution in [0.1, 0.15) is 0 Å². The number of aromatic nitrogens is 3. The summed E-state index contributed by atoms with van der Waals surface area (Å²) in [6, 6.07) is 14.2. The van der Waals surface area contributed by atoms with Gasteiger partial charge in [-0.1, -0.05) is 18.2 Å². The third-order valence-electron chi connectivity index (χ3n) is 3.43. The van der Waals surface area contributed by atoms with Gasteiger partial charge in [-0.25, -0.2) is 0 Å². The molecule has 0 aliphatic rings.